The summed E-state index contributed by atoms with van der Waals surface area (Å²) >= 11 is 2.06. The lowest BCUT2D eigenvalue weighted by Crippen LogP contribution is -2.35. The third-order valence-corrected chi connectivity index (χ3v) is 7.64. The number of nitrogens with one attached hydrogen (secondary N) is 1. The maximum absolute atomic E-state index is 12.7. The van der Waals surface area contributed by atoms with Gasteiger partial charge in [0, 0.05) is 48.1 Å². The first-order valence-corrected chi connectivity index (χ1v) is 11.6. The summed E-state index contributed by atoms with van der Waals surface area (Å²) in [6.45, 7) is 4.16. The second-order valence-corrected chi connectivity index (χ2v) is 10.2. The molecule has 2 fully saturated rings. The van der Waals surface area contributed by atoms with E-state index >= 15 is 0 Å². The molecule has 2 aromatic rings. The molecule has 2 saturated carbocycles. The molecule has 1 aromatic carbocycles. The standard InChI is InChI=1S/C23H27N5O2S/c1-17-13-25-21(22(30)26-14-19-4-2-18(12-24)3-5-19)28(17)11-10-27(16-29)15-23(8-9-23)31-20-6-7-20/h2-5,13,16,20H,6-11,14-15H2,1H3,(H,26,30). The first kappa shape index (κ1) is 21.4. The lowest BCUT2D eigenvalue weighted by atomic mass is 10.1. The quantitative estimate of drug-likeness (QED) is 0.546. The Morgan fingerprint density at radius 1 is 1.39 bits per heavy atom. The fourth-order valence-corrected chi connectivity index (χ4v) is 5.30. The third kappa shape index (κ3) is 5.47. The van der Waals surface area contributed by atoms with Gasteiger partial charge in [-0.3, -0.25) is 9.59 Å². The van der Waals surface area contributed by atoms with Crippen LogP contribution < -0.4 is 5.32 Å². The fourth-order valence-electron chi connectivity index (χ4n) is 3.64. The highest BCUT2D eigenvalue weighted by Crippen LogP contribution is 2.55. The monoisotopic (exact) mass is 437 g/mol. The van der Waals surface area contributed by atoms with Gasteiger partial charge in [0.2, 0.25) is 6.41 Å². The number of aryl methyl sites for hydroxylation is 1. The van der Waals surface area contributed by atoms with Crippen LogP contribution in [0, 0.1) is 18.3 Å². The number of thioether (sulfide) groups is 1. The van der Waals surface area contributed by atoms with Crippen LogP contribution in [0.25, 0.3) is 0 Å². The molecular weight excluding hydrogens is 410 g/mol. The highest BCUT2D eigenvalue weighted by atomic mass is 32.2. The van der Waals surface area contributed by atoms with E-state index in [1.54, 1.807) is 18.3 Å². The molecule has 1 aromatic heterocycles. The normalized spacial score (nSPS) is 16.4. The van der Waals surface area contributed by atoms with Crippen molar-refractivity contribution < 1.29 is 9.59 Å². The molecule has 0 saturated heterocycles. The highest BCUT2D eigenvalue weighted by Gasteiger charge is 2.48. The van der Waals surface area contributed by atoms with Crippen LogP contribution in [0.5, 0.6) is 0 Å². The second-order valence-electron chi connectivity index (χ2n) is 8.44. The van der Waals surface area contributed by atoms with Crippen LogP contribution in [-0.4, -0.2) is 49.9 Å². The molecule has 0 unspecified atom stereocenters. The Morgan fingerprint density at radius 3 is 2.74 bits per heavy atom. The number of imidazole rings is 1. The van der Waals surface area contributed by atoms with Gasteiger partial charge in [-0.15, -0.1) is 11.8 Å². The Kier molecular flexibility index (Phi) is 6.33. The van der Waals surface area contributed by atoms with Crippen LogP contribution in [-0.2, 0) is 17.9 Å². The molecule has 0 spiro atoms. The van der Waals surface area contributed by atoms with E-state index < -0.39 is 0 Å². The minimum Gasteiger partial charge on any atom is -0.345 e. The van der Waals surface area contributed by atoms with Gasteiger partial charge in [-0.25, -0.2) is 4.98 Å². The van der Waals surface area contributed by atoms with E-state index in [1.807, 2.05) is 28.5 Å². The van der Waals surface area contributed by atoms with E-state index in [1.165, 1.54) is 25.7 Å². The van der Waals surface area contributed by atoms with Gasteiger partial charge in [-0.2, -0.15) is 5.26 Å². The minimum atomic E-state index is -0.252. The Bertz CT molecular complexity index is 986. The topological polar surface area (TPSA) is 91.0 Å². The van der Waals surface area contributed by atoms with Gasteiger partial charge in [0.15, 0.2) is 5.82 Å². The van der Waals surface area contributed by atoms with Gasteiger partial charge < -0.3 is 14.8 Å². The molecule has 7 nitrogen and oxygen atoms in total. The summed E-state index contributed by atoms with van der Waals surface area (Å²) < 4.78 is 2.13. The number of nitrogens with zero attached hydrogens (tertiary/aromatic N) is 4. The van der Waals surface area contributed by atoms with Crippen molar-refractivity contribution in [2.75, 3.05) is 13.1 Å². The van der Waals surface area contributed by atoms with Crippen LogP contribution >= 0.6 is 11.8 Å². The van der Waals surface area contributed by atoms with Crippen molar-refractivity contribution in [2.45, 2.75) is 55.7 Å². The van der Waals surface area contributed by atoms with Crippen molar-refractivity contribution >= 4 is 24.1 Å². The molecular formula is C23H27N5O2S. The van der Waals surface area contributed by atoms with Gasteiger partial charge in [-0.1, -0.05) is 12.1 Å². The second kappa shape index (κ2) is 9.15. The zero-order valence-corrected chi connectivity index (χ0v) is 18.5. The van der Waals surface area contributed by atoms with Gasteiger partial charge in [-0.05, 0) is 50.3 Å². The van der Waals surface area contributed by atoms with E-state index in [-0.39, 0.29) is 10.7 Å². The van der Waals surface area contributed by atoms with Crippen molar-refractivity contribution in [2.24, 2.45) is 0 Å². The average Bonchev–Trinajstić information content (AvgIpc) is 3.72. The van der Waals surface area contributed by atoms with E-state index in [0.717, 1.165) is 29.5 Å². The van der Waals surface area contributed by atoms with E-state index in [0.29, 0.717) is 31.0 Å². The van der Waals surface area contributed by atoms with Crippen molar-refractivity contribution in [1.29, 1.82) is 5.26 Å². The highest BCUT2D eigenvalue weighted by molar-refractivity contribution is 8.01. The number of hydrogen-bond donors (Lipinski definition) is 1. The Balaban J connectivity index is 1.33. The smallest absolute Gasteiger partial charge is 0.287 e. The van der Waals surface area contributed by atoms with Crippen molar-refractivity contribution in [1.82, 2.24) is 19.8 Å². The van der Waals surface area contributed by atoms with Crippen molar-refractivity contribution in [3.05, 3.63) is 53.1 Å². The number of carbonyl (C=O) groups excluding carboxylic acids is 2. The lowest BCUT2D eigenvalue weighted by molar-refractivity contribution is -0.118. The van der Waals surface area contributed by atoms with Crippen LogP contribution in [0.1, 0.15) is 53.1 Å². The summed E-state index contributed by atoms with van der Waals surface area (Å²) in [4.78, 5) is 30.5. The van der Waals surface area contributed by atoms with Crippen LogP contribution in [0.4, 0.5) is 0 Å². The summed E-state index contributed by atoms with van der Waals surface area (Å²) in [5.41, 5.74) is 2.39. The minimum absolute atomic E-state index is 0.252. The molecule has 8 heteroatoms. The maximum Gasteiger partial charge on any atom is 0.287 e. The Morgan fingerprint density at radius 2 is 2.13 bits per heavy atom. The van der Waals surface area contributed by atoms with E-state index in [4.69, 9.17) is 5.26 Å². The van der Waals surface area contributed by atoms with Crippen molar-refractivity contribution in [3.8, 4) is 6.07 Å². The number of carbonyl (C=O) groups is 2. The predicted molar refractivity (Wildman–Crippen MR) is 120 cm³/mol. The maximum atomic E-state index is 12.7. The van der Waals surface area contributed by atoms with Crippen LogP contribution in [0.15, 0.2) is 30.5 Å². The number of benzene rings is 1. The van der Waals surface area contributed by atoms with Gasteiger partial charge in [0.1, 0.15) is 0 Å². The molecule has 2 aliphatic carbocycles. The third-order valence-electron chi connectivity index (χ3n) is 5.79. The number of hydrogen-bond acceptors (Lipinski definition) is 5. The molecule has 2 aliphatic rings. The van der Waals surface area contributed by atoms with Crippen LogP contribution in [0.2, 0.25) is 0 Å². The molecule has 1 N–H and O–H groups in total. The number of rotatable bonds is 11. The van der Waals surface area contributed by atoms with Crippen molar-refractivity contribution in [3.63, 3.8) is 0 Å². The summed E-state index contributed by atoms with van der Waals surface area (Å²) in [6.07, 6.45) is 7.61. The SMILES string of the molecule is Cc1cnc(C(=O)NCc2ccc(C#N)cc2)n1CCN(C=O)CC1(SC2CC2)CC1. The summed E-state index contributed by atoms with van der Waals surface area (Å²) in [5, 5.41) is 12.6. The predicted octanol–water partition coefficient (Wildman–Crippen LogP) is 2.88. The number of aromatic nitrogens is 2. The van der Waals surface area contributed by atoms with E-state index in [2.05, 4.69) is 28.1 Å². The molecule has 0 atom stereocenters. The molecule has 4 rings (SSSR count). The van der Waals surface area contributed by atoms with Gasteiger partial charge >= 0.3 is 0 Å². The summed E-state index contributed by atoms with van der Waals surface area (Å²) in [6, 6.07) is 9.19. The molecule has 162 valence electrons. The van der Waals surface area contributed by atoms with Crippen LogP contribution in [0.3, 0.4) is 0 Å². The molecule has 31 heavy (non-hydrogen) atoms. The zero-order chi connectivity index (χ0) is 21.8. The van der Waals surface area contributed by atoms with Gasteiger partial charge in [0.05, 0.1) is 11.6 Å². The fraction of sp³-hybridized carbons (Fsp3) is 0.478. The molecule has 2 amide bonds. The Hall–Kier alpha value is -2.79. The summed E-state index contributed by atoms with van der Waals surface area (Å²) in [5.74, 6) is 0.101. The number of nitriles is 1. The molecule has 1 heterocycles. The number of amides is 2. The lowest BCUT2D eigenvalue weighted by Gasteiger charge is -2.24. The zero-order valence-electron chi connectivity index (χ0n) is 17.7. The summed E-state index contributed by atoms with van der Waals surface area (Å²) in [7, 11) is 0. The van der Waals surface area contributed by atoms with Gasteiger partial charge in [0.25, 0.3) is 5.91 Å². The molecule has 0 aliphatic heterocycles. The average molecular weight is 438 g/mol. The first-order chi connectivity index (χ1) is 15.0. The first-order valence-electron chi connectivity index (χ1n) is 10.7. The molecule has 0 radical (unpaired) electrons. The molecule has 0 bridgehead atoms. The largest absolute Gasteiger partial charge is 0.345 e. The van der Waals surface area contributed by atoms with E-state index in [9.17, 15) is 9.59 Å². The Labute approximate surface area is 186 Å².